The van der Waals surface area contributed by atoms with Gasteiger partial charge in [0.05, 0.1) is 41.4 Å². The summed E-state index contributed by atoms with van der Waals surface area (Å²) in [5.41, 5.74) is 2.05. The maximum Gasteiger partial charge on any atom is 0.302 e. The van der Waals surface area contributed by atoms with E-state index in [4.69, 9.17) is 16.3 Å². The van der Waals surface area contributed by atoms with Crippen LogP contribution < -0.4 is 5.32 Å². The Morgan fingerprint density at radius 3 is 2.91 bits per heavy atom. The van der Waals surface area contributed by atoms with E-state index in [2.05, 4.69) is 25.5 Å². The second kappa shape index (κ2) is 7.86. The number of anilines is 1. The zero-order chi connectivity index (χ0) is 22.4. The summed E-state index contributed by atoms with van der Waals surface area (Å²) in [5.74, 6) is -0.637. The molecule has 9 nitrogen and oxygen atoms in total. The van der Waals surface area contributed by atoms with Crippen molar-refractivity contribution in [2.75, 3.05) is 11.9 Å². The van der Waals surface area contributed by atoms with E-state index in [9.17, 15) is 9.59 Å². The van der Waals surface area contributed by atoms with E-state index in [0.29, 0.717) is 33.6 Å². The molecule has 11 heteroatoms. The van der Waals surface area contributed by atoms with Crippen LogP contribution in [-0.2, 0) is 20.7 Å². The van der Waals surface area contributed by atoms with Crippen LogP contribution in [-0.4, -0.2) is 43.0 Å². The fraction of sp³-hybridized carbons (Fsp3) is 0.286. The molecule has 1 aliphatic rings. The molecule has 0 atom stereocenters. The molecule has 0 unspecified atom stereocenters. The molecule has 1 aromatic carbocycles. The maximum atomic E-state index is 15.2. The number of carbonyl (C=O) groups excluding carboxylic acids is 2. The summed E-state index contributed by atoms with van der Waals surface area (Å²) in [5, 5.41) is 10.1. The van der Waals surface area contributed by atoms with E-state index in [1.54, 1.807) is 23.0 Å². The number of nitrogens with one attached hydrogen (secondary N) is 2. The molecule has 1 fully saturated rings. The fourth-order valence-electron chi connectivity index (χ4n) is 3.62. The lowest BCUT2D eigenvalue weighted by Gasteiger charge is -2.12. The van der Waals surface area contributed by atoms with Gasteiger partial charge in [-0.1, -0.05) is 11.6 Å². The molecule has 32 heavy (non-hydrogen) atoms. The number of amides is 1. The van der Waals surface area contributed by atoms with Crippen molar-refractivity contribution in [3.63, 3.8) is 0 Å². The van der Waals surface area contributed by atoms with Crippen molar-refractivity contribution in [1.29, 1.82) is 0 Å². The summed E-state index contributed by atoms with van der Waals surface area (Å²) in [7, 11) is 0. The third kappa shape index (κ3) is 3.66. The van der Waals surface area contributed by atoms with Gasteiger partial charge in [0.1, 0.15) is 5.82 Å². The van der Waals surface area contributed by atoms with Gasteiger partial charge in [0.15, 0.2) is 11.5 Å². The SMILES string of the molecule is CC(=O)OCCc1c(F)c(Cl)c(-c2cn3cc(NC(=O)C4CC4)nc3cn2)c2cn[nH]c12. The van der Waals surface area contributed by atoms with E-state index >= 15 is 4.39 Å². The summed E-state index contributed by atoms with van der Waals surface area (Å²) in [6.45, 7) is 1.31. The number of fused-ring (bicyclic) bond motifs is 2. The molecule has 4 aromatic rings. The van der Waals surface area contributed by atoms with Gasteiger partial charge < -0.3 is 14.5 Å². The predicted molar refractivity (Wildman–Crippen MR) is 115 cm³/mol. The lowest BCUT2D eigenvalue weighted by Crippen LogP contribution is -2.13. The van der Waals surface area contributed by atoms with E-state index in [1.807, 2.05) is 0 Å². The van der Waals surface area contributed by atoms with Crippen molar-refractivity contribution in [2.24, 2.45) is 5.92 Å². The van der Waals surface area contributed by atoms with Crippen LogP contribution in [0.4, 0.5) is 10.2 Å². The Morgan fingerprint density at radius 2 is 2.16 bits per heavy atom. The molecule has 0 radical (unpaired) electrons. The van der Waals surface area contributed by atoms with Crippen molar-refractivity contribution in [3.05, 3.63) is 41.2 Å². The molecule has 1 saturated carbocycles. The number of aromatic nitrogens is 5. The highest BCUT2D eigenvalue weighted by Crippen LogP contribution is 2.38. The normalized spacial score (nSPS) is 13.6. The number of esters is 1. The van der Waals surface area contributed by atoms with Crippen LogP contribution in [0.1, 0.15) is 25.3 Å². The summed E-state index contributed by atoms with van der Waals surface area (Å²) in [4.78, 5) is 31.8. The van der Waals surface area contributed by atoms with Crippen LogP contribution in [0.5, 0.6) is 0 Å². The van der Waals surface area contributed by atoms with Crippen LogP contribution in [0.3, 0.4) is 0 Å². The van der Waals surface area contributed by atoms with Gasteiger partial charge in [0, 0.05) is 42.0 Å². The Balaban J connectivity index is 1.53. The average Bonchev–Trinajstić information content (AvgIpc) is 3.37. The molecule has 0 bridgehead atoms. The molecule has 0 spiro atoms. The minimum atomic E-state index is -0.629. The maximum absolute atomic E-state index is 15.2. The summed E-state index contributed by atoms with van der Waals surface area (Å²) < 4.78 is 21.8. The molecule has 164 valence electrons. The highest BCUT2D eigenvalue weighted by atomic mass is 35.5. The molecular formula is C21H18ClFN6O3. The summed E-state index contributed by atoms with van der Waals surface area (Å²) in [6.07, 6.45) is 8.34. The topological polar surface area (TPSA) is 114 Å². The van der Waals surface area contributed by atoms with E-state index in [-0.39, 0.29) is 35.4 Å². The number of halogens is 2. The van der Waals surface area contributed by atoms with E-state index < -0.39 is 11.8 Å². The molecule has 3 aromatic heterocycles. The quantitative estimate of drug-likeness (QED) is 0.429. The molecular weight excluding hydrogens is 439 g/mol. The largest absolute Gasteiger partial charge is 0.466 e. The van der Waals surface area contributed by atoms with Gasteiger partial charge in [-0.25, -0.2) is 9.37 Å². The number of nitrogens with zero attached hydrogens (tertiary/aromatic N) is 4. The number of rotatable bonds is 6. The molecule has 2 N–H and O–H groups in total. The standard InChI is InChI=1S/C21H18ClFN6O3/c1-10(30)32-5-4-12-19(23)18(22)17(13-6-25-28-20(12)13)14-8-29-9-15(26-16(29)7-24-14)27-21(31)11-2-3-11/h6-9,11H,2-5H2,1H3,(H,25,28)(H,27,31). The Kier molecular flexibility index (Phi) is 5.01. The third-order valence-corrected chi connectivity index (χ3v) is 5.70. The second-order valence-electron chi connectivity index (χ2n) is 7.66. The molecule has 1 aliphatic carbocycles. The lowest BCUT2D eigenvalue weighted by molar-refractivity contribution is -0.140. The predicted octanol–water partition coefficient (Wildman–Crippen LogP) is 3.52. The van der Waals surface area contributed by atoms with Crippen molar-refractivity contribution < 1.29 is 18.7 Å². The second-order valence-corrected chi connectivity index (χ2v) is 8.04. The number of benzene rings is 1. The number of hydrogen-bond donors (Lipinski definition) is 2. The number of H-pyrrole nitrogens is 1. The Labute approximate surface area is 185 Å². The summed E-state index contributed by atoms with van der Waals surface area (Å²) >= 11 is 6.43. The van der Waals surface area contributed by atoms with Crippen LogP contribution in [0.25, 0.3) is 27.8 Å². The lowest BCUT2D eigenvalue weighted by atomic mass is 10.0. The number of hydrogen-bond acceptors (Lipinski definition) is 6. The Hall–Kier alpha value is -3.53. The van der Waals surface area contributed by atoms with E-state index in [0.717, 1.165) is 12.8 Å². The first kappa shape index (κ1) is 20.4. The first-order valence-corrected chi connectivity index (χ1v) is 10.4. The molecule has 5 rings (SSSR count). The molecule has 3 heterocycles. The van der Waals surface area contributed by atoms with Crippen molar-refractivity contribution >= 4 is 45.8 Å². The zero-order valence-corrected chi connectivity index (χ0v) is 17.7. The van der Waals surface area contributed by atoms with Crippen molar-refractivity contribution in [3.8, 4) is 11.3 Å². The van der Waals surface area contributed by atoms with Crippen LogP contribution in [0.2, 0.25) is 5.02 Å². The van der Waals surface area contributed by atoms with E-state index in [1.165, 1.54) is 13.1 Å². The van der Waals surface area contributed by atoms with Gasteiger partial charge in [-0.3, -0.25) is 19.7 Å². The van der Waals surface area contributed by atoms with Crippen molar-refractivity contribution in [1.82, 2.24) is 24.6 Å². The minimum absolute atomic E-state index is 0.0185. The number of carbonyl (C=O) groups is 2. The third-order valence-electron chi connectivity index (χ3n) is 5.34. The van der Waals surface area contributed by atoms with Crippen LogP contribution in [0, 0.1) is 11.7 Å². The summed E-state index contributed by atoms with van der Waals surface area (Å²) in [6, 6.07) is 0. The highest BCUT2D eigenvalue weighted by molar-refractivity contribution is 6.35. The van der Waals surface area contributed by atoms with Crippen LogP contribution >= 0.6 is 11.6 Å². The Morgan fingerprint density at radius 1 is 1.34 bits per heavy atom. The van der Waals surface area contributed by atoms with Gasteiger partial charge in [-0.15, -0.1) is 0 Å². The fourth-order valence-corrected chi connectivity index (χ4v) is 3.93. The minimum Gasteiger partial charge on any atom is -0.466 e. The van der Waals surface area contributed by atoms with Gasteiger partial charge >= 0.3 is 5.97 Å². The number of imidazole rings is 1. The first-order valence-electron chi connectivity index (χ1n) is 10.0. The van der Waals surface area contributed by atoms with Crippen LogP contribution in [0.15, 0.2) is 24.8 Å². The average molecular weight is 457 g/mol. The smallest absolute Gasteiger partial charge is 0.302 e. The molecule has 1 amide bonds. The number of ether oxygens (including phenoxy) is 1. The zero-order valence-electron chi connectivity index (χ0n) is 17.0. The van der Waals surface area contributed by atoms with Gasteiger partial charge in [-0.05, 0) is 12.8 Å². The van der Waals surface area contributed by atoms with Gasteiger partial charge in [-0.2, -0.15) is 5.10 Å². The molecule has 0 saturated heterocycles. The number of aromatic amines is 1. The van der Waals surface area contributed by atoms with Gasteiger partial charge in [0.25, 0.3) is 0 Å². The van der Waals surface area contributed by atoms with Gasteiger partial charge in [0.2, 0.25) is 5.91 Å². The Bertz CT molecular complexity index is 1380. The first-order chi connectivity index (χ1) is 15.4. The monoisotopic (exact) mass is 456 g/mol. The highest BCUT2D eigenvalue weighted by Gasteiger charge is 2.30. The molecule has 0 aliphatic heterocycles. The van der Waals surface area contributed by atoms with Crippen molar-refractivity contribution in [2.45, 2.75) is 26.2 Å².